The van der Waals surface area contributed by atoms with Gasteiger partial charge in [-0.3, -0.25) is 14.4 Å². The second-order valence-corrected chi connectivity index (χ2v) is 16.7. The van der Waals surface area contributed by atoms with E-state index >= 15 is 0 Å². The third-order valence-corrected chi connectivity index (χ3v) is 11.7. The van der Waals surface area contributed by atoms with Crippen molar-refractivity contribution in [2.45, 2.75) is 49.6 Å². The van der Waals surface area contributed by atoms with Crippen molar-refractivity contribution in [1.29, 1.82) is 0 Å². The summed E-state index contributed by atoms with van der Waals surface area (Å²) in [5.74, 6) is -1.38. The first-order valence-electron chi connectivity index (χ1n) is 17.8. The van der Waals surface area contributed by atoms with Crippen molar-refractivity contribution in [3.05, 3.63) is 144 Å². The standard InChI is InChI=1S/C24H22FN3O5S.C17H16FN3O3S/c1-14-13-20(16(3)33-14)24(30)27-34(31,32)18-9-7-17(8-10-18)26-23(29)15(2)28-12-11-19-21(25)5-4-6-22(19)28;1-11(21-10-9-14-15(18)3-2-4-16(14)21)17(22)20-12-5-7-13(8-6-12)25(19,23)24/h4-13,15H,1-3H3,(H,26,29)(H,27,30);2-11H,1H3,(H,20,22)(H2,19,23,24)/t15-;11-/m11/s1. The molecule has 5 N–H and O–H groups in total. The first-order chi connectivity index (χ1) is 27.8. The highest BCUT2D eigenvalue weighted by atomic mass is 32.2. The van der Waals surface area contributed by atoms with Crippen LogP contribution in [0.4, 0.5) is 20.2 Å². The van der Waals surface area contributed by atoms with E-state index in [0.717, 1.165) is 0 Å². The Bertz CT molecular complexity index is 2940. The second-order valence-electron chi connectivity index (χ2n) is 13.5. The molecule has 0 bridgehead atoms. The summed E-state index contributed by atoms with van der Waals surface area (Å²) >= 11 is 0. The van der Waals surface area contributed by atoms with Crippen LogP contribution in [0.3, 0.4) is 0 Å². The van der Waals surface area contributed by atoms with Gasteiger partial charge in [-0.05, 0) is 119 Å². The van der Waals surface area contributed by atoms with Gasteiger partial charge in [-0.1, -0.05) is 12.1 Å². The Morgan fingerprint density at radius 2 is 1.10 bits per heavy atom. The second kappa shape index (κ2) is 16.7. The maximum atomic E-state index is 13.9. The fraction of sp³-hybridized carbons (Fsp3) is 0.146. The zero-order valence-corrected chi connectivity index (χ0v) is 33.6. The predicted octanol–water partition coefficient (Wildman–Crippen LogP) is 6.94. The van der Waals surface area contributed by atoms with E-state index in [1.165, 1.54) is 66.7 Å². The minimum absolute atomic E-state index is 0.0366. The maximum Gasteiger partial charge on any atom is 0.268 e. The zero-order chi connectivity index (χ0) is 42.8. The molecule has 0 aliphatic carbocycles. The van der Waals surface area contributed by atoms with Crippen LogP contribution < -0.4 is 20.5 Å². The van der Waals surface area contributed by atoms with Crippen molar-refractivity contribution < 1.29 is 44.4 Å². The van der Waals surface area contributed by atoms with Gasteiger partial charge in [-0.15, -0.1) is 0 Å². The lowest BCUT2D eigenvalue weighted by atomic mass is 10.2. The van der Waals surface area contributed by atoms with Gasteiger partial charge in [-0.25, -0.2) is 35.5 Å². The van der Waals surface area contributed by atoms with Crippen molar-refractivity contribution in [3.63, 3.8) is 0 Å². The number of anilines is 2. The van der Waals surface area contributed by atoms with Crippen LogP contribution in [0.25, 0.3) is 21.8 Å². The summed E-state index contributed by atoms with van der Waals surface area (Å²) in [5.41, 5.74) is 2.14. The highest BCUT2D eigenvalue weighted by Gasteiger charge is 2.23. The van der Waals surface area contributed by atoms with Gasteiger partial charge in [0.05, 0.1) is 26.4 Å². The molecule has 0 spiro atoms. The number of hydrogen-bond acceptors (Lipinski definition) is 8. The molecule has 0 saturated heterocycles. The summed E-state index contributed by atoms with van der Waals surface area (Å²) in [6.07, 6.45) is 3.29. The molecule has 4 aromatic carbocycles. The Hall–Kier alpha value is -6.63. The third kappa shape index (κ3) is 9.25. The van der Waals surface area contributed by atoms with Crippen LogP contribution in [-0.4, -0.2) is 43.7 Å². The number of halogens is 2. The molecule has 0 fully saturated rings. The largest absolute Gasteiger partial charge is 0.466 e. The molecule has 0 saturated carbocycles. The number of furan rings is 1. The minimum Gasteiger partial charge on any atom is -0.466 e. The van der Waals surface area contributed by atoms with E-state index < -0.39 is 38.0 Å². The number of rotatable bonds is 10. The Kier molecular flexibility index (Phi) is 11.9. The Balaban J connectivity index is 0.000000208. The molecular formula is C41H38F2N6O8S2. The van der Waals surface area contributed by atoms with Crippen LogP contribution in [-0.2, 0) is 29.6 Å². The van der Waals surface area contributed by atoms with Gasteiger partial charge in [0.2, 0.25) is 21.8 Å². The number of nitrogens with one attached hydrogen (secondary N) is 3. The van der Waals surface area contributed by atoms with E-state index in [2.05, 4.69) is 10.6 Å². The number of sulfonamides is 2. The number of primary sulfonamides is 1. The molecule has 2 atom stereocenters. The lowest BCUT2D eigenvalue weighted by molar-refractivity contribution is -0.119. The average molecular weight is 845 g/mol. The van der Waals surface area contributed by atoms with Crippen LogP contribution >= 0.6 is 0 Å². The summed E-state index contributed by atoms with van der Waals surface area (Å²) in [4.78, 5) is 37.4. The number of amides is 3. The van der Waals surface area contributed by atoms with Gasteiger partial charge in [0, 0.05) is 34.5 Å². The van der Waals surface area contributed by atoms with Gasteiger partial charge in [0.15, 0.2) is 0 Å². The fourth-order valence-corrected chi connectivity index (χ4v) is 7.74. The number of benzene rings is 4. The summed E-state index contributed by atoms with van der Waals surface area (Å²) < 4.78 is 86.0. The number of nitrogens with two attached hydrogens (primary N) is 1. The average Bonchev–Trinajstić information content (AvgIpc) is 3.92. The van der Waals surface area contributed by atoms with Gasteiger partial charge >= 0.3 is 0 Å². The topological polar surface area (TPSA) is 205 Å². The van der Waals surface area contributed by atoms with Gasteiger partial charge < -0.3 is 24.2 Å². The molecule has 306 valence electrons. The highest BCUT2D eigenvalue weighted by molar-refractivity contribution is 7.90. The third-order valence-electron chi connectivity index (χ3n) is 9.41. The van der Waals surface area contributed by atoms with Crippen LogP contribution in [0.5, 0.6) is 0 Å². The van der Waals surface area contributed by atoms with Crippen LogP contribution in [0.1, 0.15) is 47.8 Å². The monoisotopic (exact) mass is 844 g/mol. The molecule has 14 nitrogen and oxygen atoms in total. The predicted molar refractivity (Wildman–Crippen MR) is 218 cm³/mol. The zero-order valence-electron chi connectivity index (χ0n) is 31.9. The van der Waals surface area contributed by atoms with E-state index in [-0.39, 0.29) is 38.8 Å². The summed E-state index contributed by atoms with van der Waals surface area (Å²) in [7, 11) is -7.91. The maximum absolute atomic E-state index is 13.9. The number of fused-ring (bicyclic) bond motifs is 2. The van der Waals surface area contributed by atoms with Crippen LogP contribution in [0.15, 0.2) is 130 Å². The molecule has 18 heteroatoms. The normalized spacial score (nSPS) is 12.7. The molecular weight excluding hydrogens is 807 g/mol. The number of hydrogen-bond donors (Lipinski definition) is 4. The van der Waals surface area contributed by atoms with Crippen LogP contribution in [0, 0.1) is 25.5 Å². The Morgan fingerprint density at radius 1 is 0.661 bits per heavy atom. The Labute approximate surface area is 337 Å². The molecule has 59 heavy (non-hydrogen) atoms. The quantitative estimate of drug-likeness (QED) is 0.113. The number of carbonyl (C=O) groups is 3. The molecule has 0 aliphatic heterocycles. The van der Waals surface area contributed by atoms with Gasteiger partial charge in [0.1, 0.15) is 35.2 Å². The first-order valence-corrected chi connectivity index (χ1v) is 20.9. The molecule has 0 aliphatic rings. The number of carbonyl (C=O) groups excluding carboxylic acids is 3. The summed E-state index contributed by atoms with van der Waals surface area (Å²) in [6, 6.07) is 23.7. The summed E-state index contributed by atoms with van der Waals surface area (Å²) in [6.45, 7) is 6.59. The van der Waals surface area contributed by atoms with E-state index in [1.54, 1.807) is 85.6 Å². The van der Waals surface area contributed by atoms with E-state index in [9.17, 15) is 40.0 Å². The van der Waals surface area contributed by atoms with Crippen molar-refractivity contribution in [2.24, 2.45) is 5.14 Å². The highest BCUT2D eigenvalue weighted by Crippen LogP contribution is 2.26. The minimum atomic E-state index is -4.13. The summed E-state index contributed by atoms with van der Waals surface area (Å²) in [5, 5.41) is 11.3. The van der Waals surface area contributed by atoms with Crippen molar-refractivity contribution in [2.75, 3.05) is 10.6 Å². The molecule has 7 aromatic rings. The molecule has 0 radical (unpaired) electrons. The first kappa shape index (κ1) is 42.0. The van der Waals surface area contributed by atoms with E-state index in [0.29, 0.717) is 44.7 Å². The molecule has 3 aromatic heterocycles. The number of nitrogens with zero attached hydrogens (tertiary/aromatic N) is 2. The number of aryl methyl sites for hydroxylation is 2. The lowest BCUT2D eigenvalue weighted by Gasteiger charge is -2.16. The van der Waals surface area contributed by atoms with Crippen molar-refractivity contribution in [3.8, 4) is 0 Å². The molecule has 7 rings (SSSR count). The van der Waals surface area contributed by atoms with Crippen molar-refractivity contribution in [1.82, 2.24) is 13.9 Å². The van der Waals surface area contributed by atoms with Crippen LogP contribution in [0.2, 0.25) is 0 Å². The smallest absolute Gasteiger partial charge is 0.268 e. The van der Waals surface area contributed by atoms with Crippen molar-refractivity contribution >= 4 is 70.9 Å². The Morgan fingerprint density at radius 3 is 1.51 bits per heavy atom. The molecule has 3 heterocycles. The van der Waals surface area contributed by atoms with E-state index in [4.69, 9.17) is 9.56 Å². The SMILES string of the molecule is C[C@H](C(=O)Nc1ccc(S(N)(=O)=O)cc1)n1ccc2c(F)cccc21.Cc1cc(C(=O)NS(=O)(=O)c2ccc(NC(=O)[C@@H](C)n3ccc4c(F)cccc43)cc2)c(C)o1. The molecule has 0 unspecified atom stereocenters. The number of aromatic nitrogens is 2. The fourth-order valence-electron chi connectivity index (χ4n) is 6.26. The van der Waals surface area contributed by atoms with Gasteiger partial charge in [0.25, 0.3) is 15.9 Å². The lowest BCUT2D eigenvalue weighted by Crippen LogP contribution is -2.30. The molecule has 3 amide bonds. The van der Waals surface area contributed by atoms with E-state index in [1.807, 2.05) is 4.72 Å². The van der Waals surface area contributed by atoms with Gasteiger partial charge in [-0.2, -0.15) is 0 Å².